The summed E-state index contributed by atoms with van der Waals surface area (Å²) >= 11 is 0. The van der Waals surface area contributed by atoms with Crippen LogP contribution in [0.15, 0.2) is 65.1 Å². The Kier molecular flexibility index (Phi) is 5.98. The summed E-state index contributed by atoms with van der Waals surface area (Å²) in [6.45, 7) is 3.88. The van der Waals surface area contributed by atoms with Gasteiger partial charge in [0.15, 0.2) is 17.1 Å². The number of anilines is 1. The number of carbonyl (C=O) groups is 1. The molecule has 7 nitrogen and oxygen atoms in total. The Bertz CT molecular complexity index is 1260. The van der Waals surface area contributed by atoms with Crippen molar-refractivity contribution in [2.75, 3.05) is 19.5 Å². The zero-order valence-corrected chi connectivity index (χ0v) is 18.3. The highest BCUT2D eigenvalue weighted by molar-refractivity contribution is 6.05. The molecule has 3 aromatic carbocycles. The maximum Gasteiger partial charge on any atom is 0.255 e. The molecule has 0 spiro atoms. The Balaban J connectivity index is 1.56. The van der Waals surface area contributed by atoms with E-state index in [9.17, 15) is 4.79 Å². The Morgan fingerprint density at radius 1 is 0.969 bits per heavy atom. The molecule has 0 saturated carbocycles. The van der Waals surface area contributed by atoms with E-state index in [1.165, 1.54) is 0 Å². The quantitative estimate of drug-likeness (QED) is 0.412. The van der Waals surface area contributed by atoms with Crippen LogP contribution in [0.1, 0.15) is 24.2 Å². The fraction of sp³-hybridized carbons (Fsp3) is 0.200. The highest BCUT2D eigenvalue weighted by atomic mass is 16.5. The van der Waals surface area contributed by atoms with Crippen LogP contribution in [0, 0.1) is 0 Å². The summed E-state index contributed by atoms with van der Waals surface area (Å²) < 4.78 is 22.2. The standard InChI is InChI=1S/C25H24N2O5/c1-15(2)31-19-7-5-6-16(12-19)24(28)26-18-9-11-21-20(14-18)27-25(32-21)17-8-10-22(29-3)23(13-17)30-4/h5-15H,1-4H3,(H,26,28). The highest BCUT2D eigenvalue weighted by Gasteiger charge is 2.14. The van der Waals surface area contributed by atoms with E-state index in [1.807, 2.05) is 26.0 Å². The van der Waals surface area contributed by atoms with Crippen molar-refractivity contribution in [3.05, 3.63) is 66.2 Å². The van der Waals surface area contributed by atoms with Crippen LogP contribution < -0.4 is 19.5 Å². The molecule has 0 bridgehead atoms. The van der Waals surface area contributed by atoms with Crippen LogP contribution in [0.2, 0.25) is 0 Å². The van der Waals surface area contributed by atoms with Crippen LogP contribution in [-0.4, -0.2) is 31.2 Å². The monoisotopic (exact) mass is 432 g/mol. The summed E-state index contributed by atoms with van der Waals surface area (Å²) in [7, 11) is 3.16. The number of hydrogen-bond donors (Lipinski definition) is 1. The molecule has 0 atom stereocenters. The van der Waals surface area contributed by atoms with Crippen LogP contribution in [0.5, 0.6) is 17.2 Å². The summed E-state index contributed by atoms with van der Waals surface area (Å²) in [4.78, 5) is 17.3. The molecule has 0 aliphatic heterocycles. The van der Waals surface area contributed by atoms with Crippen LogP contribution in [0.4, 0.5) is 5.69 Å². The van der Waals surface area contributed by atoms with Crippen molar-refractivity contribution in [1.82, 2.24) is 4.98 Å². The maximum atomic E-state index is 12.7. The van der Waals surface area contributed by atoms with Gasteiger partial charge < -0.3 is 23.9 Å². The number of rotatable bonds is 7. The van der Waals surface area contributed by atoms with Gasteiger partial charge in [-0.2, -0.15) is 0 Å². The largest absolute Gasteiger partial charge is 0.493 e. The fourth-order valence-corrected chi connectivity index (χ4v) is 3.28. The van der Waals surface area contributed by atoms with Crippen molar-refractivity contribution < 1.29 is 23.4 Å². The number of nitrogens with zero attached hydrogens (tertiary/aromatic N) is 1. The molecule has 0 fully saturated rings. The van der Waals surface area contributed by atoms with Gasteiger partial charge in [0.25, 0.3) is 5.91 Å². The Morgan fingerprint density at radius 2 is 1.78 bits per heavy atom. The molecule has 7 heteroatoms. The number of oxazole rings is 1. The summed E-state index contributed by atoms with van der Waals surface area (Å²) in [6.07, 6.45) is 0.0303. The van der Waals surface area contributed by atoms with Crippen molar-refractivity contribution in [3.8, 4) is 28.7 Å². The normalized spacial score (nSPS) is 10.9. The zero-order chi connectivity index (χ0) is 22.7. The minimum atomic E-state index is -0.234. The average Bonchev–Trinajstić information content (AvgIpc) is 3.21. The van der Waals surface area contributed by atoms with Gasteiger partial charge >= 0.3 is 0 Å². The van der Waals surface area contributed by atoms with Gasteiger partial charge in [0.05, 0.1) is 20.3 Å². The molecule has 1 N–H and O–H groups in total. The average molecular weight is 432 g/mol. The second-order valence-electron chi connectivity index (χ2n) is 7.42. The third-order valence-electron chi connectivity index (χ3n) is 4.74. The zero-order valence-electron chi connectivity index (χ0n) is 18.3. The van der Waals surface area contributed by atoms with E-state index in [1.54, 1.807) is 62.8 Å². The van der Waals surface area contributed by atoms with Gasteiger partial charge in [-0.15, -0.1) is 0 Å². The minimum absolute atomic E-state index is 0.0303. The van der Waals surface area contributed by atoms with Crippen molar-refractivity contribution in [2.24, 2.45) is 0 Å². The van der Waals surface area contributed by atoms with E-state index in [4.69, 9.17) is 18.6 Å². The molecule has 4 aromatic rings. The van der Waals surface area contributed by atoms with Crippen molar-refractivity contribution in [2.45, 2.75) is 20.0 Å². The third-order valence-corrected chi connectivity index (χ3v) is 4.74. The number of benzene rings is 3. The van der Waals surface area contributed by atoms with Crippen LogP contribution in [0.25, 0.3) is 22.6 Å². The molecule has 1 aromatic heterocycles. The molecule has 1 amide bonds. The number of fused-ring (bicyclic) bond motifs is 1. The SMILES string of the molecule is COc1ccc(-c2nc3cc(NC(=O)c4cccc(OC(C)C)c4)ccc3o2)cc1OC. The van der Waals surface area contributed by atoms with Gasteiger partial charge in [0.1, 0.15) is 11.3 Å². The molecule has 0 unspecified atom stereocenters. The smallest absolute Gasteiger partial charge is 0.255 e. The molecular weight excluding hydrogens is 408 g/mol. The first-order valence-corrected chi connectivity index (χ1v) is 10.2. The van der Waals surface area contributed by atoms with E-state index in [-0.39, 0.29) is 12.0 Å². The van der Waals surface area contributed by atoms with Gasteiger partial charge in [-0.25, -0.2) is 4.98 Å². The predicted molar refractivity (Wildman–Crippen MR) is 123 cm³/mol. The van der Waals surface area contributed by atoms with E-state index in [0.717, 1.165) is 5.56 Å². The Hall–Kier alpha value is -4.00. The second kappa shape index (κ2) is 9.01. The van der Waals surface area contributed by atoms with Gasteiger partial charge in [-0.05, 0) is 68.4 Å². The second-order valence-corrected chi connectivity index (χ2v) is 7.42. The molecular formula is C25H24N2O5. The van der Waals surface area contributed by atoms with Gasteiger partial charge in [0.2, 0.25) is 5.89 Å². The third kappa shape index (κ3) is 4.51. The summed E-state index contributed by atoms with van der Waals surface area (Å²) in [5.74, 6) is 2.08. The molecule has 164 valence electrons. The first-order chi connectivity index (χ1) is 15.5. The van der Waals surface area contributed by atoms with E-state index in [0.29, 0.717) is 45.5 Å². The van der Waals surface area contributed by atoms with Gasteiger partial charge in [-0.1, -0.05) is 6.07 Å². The van der Waals surface area contributed by atoms with E-state index in [2.05, 4.69) is 10.3 Å². The molecule has 0 aliphatic carbocycles. The Morgan fingerprint density at radius 3 is 2.53 bits per heavy atom. The van der Waals surface area contributed by atoms with Gasteiger partial charge in [-0.3, -0.25) is 4.79 Å². The highest BCUT2D eigenvalue weighted by Crippen LogP contribution is 2.33. The Labute approximate surface area is 185 Å². The lowest BCUT2D eigenvalue weighted by Gasteiger charge is -2.11. The molecule has 4 rings (SSSR count). The number of hydrogen-bond acceptors (Lipinski definition) is 6. The molecule has 0 saturated heterocycles. The van der Waals surface area contributed by atoms with Crippen LogP contribution >= 0.6 is 0 Å². The molecule has 1 heterocycles. The molecule has 32 heavy (non-hydrogen) atoms. The fourth-order valence-electron chi connectivity index (χ4n) is 3.28. The van der Waals surface area contributed by atoms with Crippen molar-refractivity contribution in [1.29, 1.82) is 0 Å². The van der Waals surface area contributed by atoms with Crippen molar-refractivity contribution >= 4 is 22.7 Å². The summed E-state index contributed by atoms with van der Waals surface area (Å²) in [6, 6.07) is 17.9. The summed E-state index contributed by atoms with van der Waals surface area (Å²) in [5.41, 5.74) is 3.12. The number of amides is 1. The topological polar surface area (TPSA) is 82.8 Å². The number of carbonyl (C=O) groups excluding carboxylic acids is 1. The minimum Gasteiger partial charge on any atom is -0.493 e. The van der Waals surface area contributed by atoms with E-state index >= 15 is 0 Å². The lowest BCUT2D eigenvalue weighted by molar-refractivity contribution is 0.102. The van der Waals surface area contributed by atoms with Crippen LogP contribution in [0.3, 0.4) is 0 Å². The first-order valence-electron chi connectivity index (χ1n) is 10.2. The number of aromatic nitrogens is 1. The summed E-state index contributed by atoms with van der Waals surface area (Å²) in [5, 5.41) is 2.90. The van der Waals surface area contributed by atoms with Gasteiger partial charge in [0, 0.05) is 16.8 Å². The number of nitrogens with one attached hydrogen (secondary N) is 1. The van der Waals surface area contributed by atoms with Crippen molar-refractivity contribution in [3.63, 3.8) is 0 Å². The first kappa shape index (κ1) is 21.2. The number of methoxy groups -OCH3 is 2. The maximum absolute atomic E-state index is 12.7. The molecule has 0 radical (unpaired) electrons. The lowest BCUT2D eigenvalue weighted by atomic mass is 10.2. The number of ether oxygens (including phenoxy) is 3. The van der Waals surface area contributed by atoms with Crippen LogP contribution in [-0.2, 0) is 0 Å². The molecule has 0 aliphatic rings. The predicted octanol–water partition coefficient (Wildman–Crippen LogP) is 5.55. The van der Waals surface area contributed by atoms with E-state index < -0.39 is 0 Å². The lowest BCUT2D eigenvalue weighted by Crippen LogP contribution is -2.12.